The van der Waals surface area contributed by atoms with Gasteiger partial charge in [0.05, 0.1) is 5.52 Å². The largest absolute Gasteiger partial charge is 0.396 e. The fourth-order valence-electron chi connectivity index (χ4n) is 2.35. The molecule has 0 saturated heterocycles. The first-order valence-electron chi connectivity index (χ1n) is 6.78. The third-order valence-corrected chi connectivity index (χ3v) is 4.37. The number of aromatic nitrogens is 3. The van der Waals surface area contributed by atoms with Gasteiger partial charge in [0.1, 0.15) is 0 Å². The minimum absolute atomic E-state index is 0.253. The van der Waals surface area contributed by atoms with Crippen molar-refractivity contribution < 1.29 is 5.11 Å². The summed E-state index contributed by atoms with van der Waals surface area (Å²) in [6.45, 7) is 2.36. The Morgan fingerprint density at radius 3 is 2.90 bits per heavy atom. The summed E-state index contributed by atoms with van der Waals surface area (Å²) in [5, 5.41) is 19.6. The molecule has 20 heavy (non-hydrogen) atoms. The Hall–Kier alpha value is -1.59. The van der Waals surface area contributed by atoms with E-state index in [1.807, 2.05) is 6.07 Å². The number of hydrogen-bond donors (Lipinski definition) is 1. The van der Waals surface area contributed by atoms with E-state index >= 15 is 0 Å². The second-order valence-electron chi connectivity index (χ2n) is 4.80. The van der Waals surface area contributed by atoms with Gasteiger partial charge in [-0.25, -0.2) is 0 Å². The first kappa shape index (κ1) is 13.4. The summed E-state index contributed by atoms with van der Waals surface area (Å²) in [6, 6.07) is 10.4. The normalized spacial score (nSPS) is 11.5. The van der Waals surface area contributed by atoms with Crippen molar-refractivity contribution in [3.63, 3.8) is 0 Å². The highest BCUT2D eigenvalue weighted by atomic mass is 32.2. The second-order valence-corrected chi connectivity index (χ2v) is 5.86. The van der Waals surface area contributed by atoms with Gasteiger partial charge in [0.2, 0.25) is 0 Å². The number of benzene rings is 1. The van der Waals surface area contributed by atoms with Gasteiger partial charge in [0.15, 0.2) is 10.8 Å². The highest BCUT2D eigenvalue weighted by molar-refractivity contribution is 7.99. The lowest BCUT2D eigenvalue weighted by Gasteiger charge is -2.07. The van der Waals surface area contributed by atoms with Crippen LogP contribution in [0.4, 0.5) is 0 Å². The van der Waals surface area contributed by atoms with E-state index < -0.39 is 0 Å². The summed E-state index contributed by atoms with van der Waals surface area (Å²) in [5.41, 5.74) is 3.26. The highest BCUT2D eigenvalue weighted by Crippen LogP contribution is 2.25. The monoisotopic (exact) mass is 287 g/mol. The van der Waals surface area contributed by atoms with Crippen LogP contribution in [-0.4, -0.2) is 32.1 Å². The fraction of sp³-hybridized carbons (Fsp3) is 0.333. The Bertz CT molecular complexity index is 738. The van der Waals surface area contributed by atoms with Gasteiger partial charge in [0, 0.05) is 17.7 Å². The number of para-hydroxylation sites is 1. The van der Waals surface area contributed by atoms with Gasteiger partial charge in [-0.3, -0.25) is 4.40 Å². The van der Waals surface area contributed by atoms with Crippen molar-refractivity contribution in [2.24, 2.45) is 0 Å². The third kappa shape index (κ3) is 2.39. The molecule has 3 rings (SSSR count). The van der Waals surface area contributed by atoms with Crippen LogP contribution >= 0.6 is 11.8 Å². The molecule has 0 bridgehead atoms. The maximum atomic E-state index is 8.82. The van der Waals surface area contributed by atoms with Crippen LogP contribution < -0.4 is 0 Å². The lowest BCUT2D eigenvalue weighted by molar-refractivity contribution is 0.287. The molecular formula is C15H17N3OS. The lowest BCUT2D eigenvalue weighted by Crippen LogP contribution is -1.94. The molecule has 2 heterocycles. The molecule has 0 unspecified atom stereocenters. The van der Waals surface area contributed by atoms with Crippen LogP contribution in [0.3, 0.4) is 0 Å². The quantitative estimate of drug-likeness (QED) is 0.579. The van der Waals surface area contributed by atoms with E-state index in [1.165, 1.54) is 10.9 Å². The van der Waals surface area contributed by atoms with Crippen molar-refractivity contribution in [1.29, 1.82) is 0 Å². The highest BCUT2D eigenvalue weighted by Gasteiger charge is 2.10. The van der Waals surface area contributed by atoms with Crippen LogP contribution in [0.15, 0.2) is 35.5 Å². The van der Waals surface area contributed by atoms with Gasteiger partial charge in [-0.2, -0.15) is 0 Å². The Morgan fingerprint density at radius 1 is 1.20 bits per heavy atom. The van der Waals surface area contributed by atoms with Gasteiger partial charge >= 0.3 is 0 Å². The minimum Gasteiger partial charge on any atom is -0.396 e. The molecule has 0 amide bonds. The van der Waals surface area contributed by atoms with Gasteiger partial charge in [-0.05, 0) is 37.5 Å². The zero-order chi connectivity index (χ0) is 13.9. The topological polar surface area (TPSA) is 50.4 Å². The molecule has 0 spiro atoms. The summed E-state index contributed by atoms with van der Waals surface area (Å²) >= 11 is 1.70. The summed E-state index contributed by atoms with van der Waals surface area (Å²) in [5.74, 6) is 0.948. The molecule has 0 saturated carbocycles. The number of unbranched alkanes of at least 4 members (excludes halogenated alkanes) is 1. The number of thioether (sulfide) groups is 1. The van der Waals surface area contributed by atoms with Crippen molar-refractivity contribution in [3.05, 3.63) is 35.9 Å². The number of hydrogen-bond acceptors (Lipinski definition) is 4. The van der Waals surface area contributed by atoms with E-state index in [-0.39, 0.29) is 6.61 Å². The first-order chi connectivity index (χ1) is 9.81. The molecule has 0 fully saturated rings. The predicted octanol–water partition coefficient (Wildman–Crippen LogP) is 3.06. The Labute approximate surface area is 121 Å². The van der Waals surface area contributed by atoms with Gasteiger partial charge in [-0.1, -0.05) is 30.0 Å². The summed E-state index contributed by atoms with van der Waals surface area (Å²) in [4.78, 5) is 0. The number of fused-ring (bicyclic) bond motifs is 3. The predicted molar refractivity (Wildman–Crippen MR) is 82.3 cm³/mol. The van der Waals surface area contributed by atoms with Crippen molar-refractivity contribution in [2.75, 3.05) is 12.4 Å². The van der Waals surface area contributed by atoms with E-state index in [1.54, 1.807) is 11.8 Å². The molecule has 0 radical (unpaired) electrons. The molecule has 1 aromatic carbocycles. The third-order valence-electron chi connectivity index (χ3n) is 3.36. The van der Waals surface area contributed by atoms with Crippen molar-refractivity contribution >= 4 is 28.3 Å². The first-order valence-corrected chi connectivity index (χ1v) is 7.77. The molecule has 104 valence electrons. The fourth-order valence-corrected chi connectivity index (χ4v) is 3.30. The SMILES string of the molecule is Cc1cc2nnc(SCCCCO)n2c2ccccc12. The van der Waals surface area contributed by atoms with Gasteiger partial charge in [-0.15, -0.1) is 10.2 Å². The van der Waals surface area contributed by atoms with Crippen LogP contribution in [-0.2, 0) is 0 Å². The molecule has 0 aliphatic rings. The standard InChI is InChI=1S/C15H17N3OS/c1-11-10-14-16-17-15(20-9-5-4-8-19)18(14)13-7-3-2-6-12(11)13/h2-3,6-7,10,19H,4-5,8-9H2,1H3. The molecule has 1 N–H and O–H groups in total. The summed E-state index contributed by atoms with van der Waals surface area (Å²) in [7, 11) is 0. The zero-order valence-electron chi connectivity index (χ0n) is 11.4. The van der Waals surface area contributed by atoms with Gasteiger partial charge in [0.25, 0.3) is 0 Å². The zero-order valence-corrected chi connectivity index (χ0v) is 12.2. The maximum Gasteiger partial charge on any atom is 0.196 e. The van der Waals surface area contributed by atoms with Gasteiger partial charge < -0.3 is 5.11 Å². The van der Waals surface area contributed by atoms with Crippen LogP contribution in [0.1, 0.15) is 18.4 Å². The van der Waals surface area contributed by atoms with E-state index in [2.05, 4.69) is 45.8 Å². The number of nitrogens with zero attached hydrogens (tertiary/aromatic N) is 3. The number of pyridine rings is 1. The maximum absolute atomic E-state index is 8.82. The van der Waals surface area contributed by atoms with E-state index in [4.69, 9.17) is 5.11 Å². The van der Waals surface area contributed by atoms with Crippen LogP contribution in [0.25, 0.3) is 16.6 Å². The smallest absolute Gasteiger partial charge is 0.196 e. The molecule has 3 aromatic rings. The minimum atomic E-state index is 0.253. The molecule has 5 heteroatoms. The number of aliphatic hydroxyl groups excluding tert-OH is 1. The molecule has 2 aromatic heterocycles. The van der Waals surface area contributed by atoms with Crippen molar-refractivity contribution in [3.8, 4) is 0 Å². The van der Waals surface area contributed by atoms with Crippen LogP contribution in [0.5, 0.6) is 0 Å². The number of aliphatic hydroxyl groups is 1. The average molecular weight is 287 g/mol. The number of rotatable bonds is 5. The van der Waals surface area contributed by atoms with E-state index in [0.717, 1.165) is 34.9 Å². The van der Waals surface area contributed by atoms with Crippen molar-refractivity contribution in [1.82, 2.24) is 14.6 Å². The summed E-state index contributed by atoms with van der Waals surface area (Å²) in [6.07, 6.45) is 1.82. The Balaban J connectivity index is 2.04. The summed E-state index contributed by atoms with van der Waals surface area (Å²) < 4.78 is 2.12. The van der Waals surface area contributed by atoms with E-state index in [0.29, 0.717) is 0 Å². The molecular weight excluding hydrogens is 270 g/mol. The number of aryl methyl sites for hydroxylation is 1. The van der Waals surface area contributed by atoms with Crippen LogP contribution in [0.2, 0.25) is 0 Å². The molecule has 0 aliphatic carbocycles. The molecule has 0 aliphatic heterocycles. The molecule has 0 atom stereocenters. The van der Waals surface area contributed by atoms with E-state index in [9.17, 15) is 0 Å². The molecule has 4 nitrogen and oxygen atoms in total. The lowest BCUT2D eigenvalue weighted by atomic mass is 10.1. The Kier molecular flexibility index (Phi) is 3.89. The average Bonchev–Trinajstić information content (AvgIpc) is 2.87. The van der Waals surface area contributed by atoms with Crippen molar-refractivity contribution in [2.45, 2.75) is 24.9 Å². The van der Waals surface area contributed by atoms with Crippen LogP contribution in [0, 0.1) is 6.92 Å². The Morgan fingerprint density at radius 2 is 2.05 bits per heavy atom. The second kappa shape index (κ2) is 5.81.